The number of nitrogens with zero attached hydrogens (tertiary/aromatic N) is 1. The first-order chi connectivity index (χ1) is 10.8. The number of carbonyl (C=O) groups excluding carboxylic acids is 2. The molecule has 1 aromatic carbocycles. The lowest BCUT2D eigenvalue weighted by atomic mass is 10.1. The topological polar surface area (TPSA) is 86.7 Å². The monoisotopic (exact) mass is 340 g/mol. The maximum atomic E-state index is 13.2. The van der Waals surface area contributed by atoms with Crippen molar-refractivity contribution in [1.82, 2.24) is 5.32 Å². The van der Waals surface area contributed by atoms with Gasteiger partial charge in [0.15, 0.2) is 0 Å². The summed E-state index contributed by atoms with van der Waals surface area (Å²) in [6, 6.07) is 3.17. The number of nitrogens with one attached hydrogen (secondary N) is 1. The number of rotatable bonds is 4. The highest BCUT2D eigenvalue weighted by Crippen LogP contribution is 2.46. The minimum absolute atomic E-state index is 0.0920. The van der Waals surface area contributed by atoms with Crippen molar-refractivity contribution in [2.45, 2.75) is 25.3 Å². The van der Waals surface area contributed by atoms with Crippen molar-refractivity contribution in [2.24, 2.45) is 5.41 Å². The van der Waals surface area contributed by atoms with Crippen LogP contribution in [0.3, 0.4) is 0 Å². The summed E-state index contributed by atoms with van der Waals surface area (Å²) in [4.78, 5) is 37.0. The molecule has 1 saturated heterocycles. The van der Waals surface area contributed by atoms with Crippen LogP contribution < -0.4 is 10.2 Å². The van der Waals surface area contributed by atoms with E-state index in [1.165, 1.54) is 23.1 Å². The van der Waals surface area contributed by atoms with Crippen molar-refractivity contribution < 1.29 is 23.9 Å². The predicted molar refractivity (Wildman–Crippen MR) is 79.6 cm³/mol. The second-order valence-electron chi connectivity index (χ2n) is 5.79. The normalized spacial score (nSPS) is 22.1. The molecule has 0 unspecified atom stereocenters. The molecule has 1 aliphatic carbocycles. The van der Waals surface area contributed by atoms with Crippen LogP contribution in [0.5, 0.6) is 0 Å². The van der Waals surface area contributed by atoms with Crippen molar-refractivity contribution in [2.75, 3.05) is 11.4 Å². The standard InChI is InChI=1S/C15H14ClFN2O4/c16-9-7-8(1-2-10(9)17)19-6-3-11(12(19)20)18-13(21)15(4-5-15)14(22)23/h1-2,7,11H,3-6H2,(H,18,21)(H,22,23)/t11-/m1/s1. The maximum Gasteiger partial charge on any atom is 0.319 e. The zero-order chi connectivity index (χ0) is 16.8. The number of hydrogen-bond donors (Lipinski definition) is 2. The first-order valence-electron chi connectivity index (χ1n) is 7.16. The summed E-state index contributed by atoms with van der Waals surface area (Å²) in [5.74, 6) is -2.73. The van der Waals surface area contributed by atoms with Gasteiger partial charge in [-0.05, 0) is 37.5 Å². The van der Waals surface area contributed by atoms with E-state index in [0.29, 0.717) is 18.7 Å². The molecule has 1 aliphatic heterocycles. The van der Waals surface area contributed by atoms with Gasteiger partial charge in [-0.2, -0.15) is 0 Å². The minimum Gasteiger partial charge on any atom is -0.480 e. The summed E-state index contributed by atoms with van der Waals surface area (Å²) in [7, 11) is 0. The predicted octanol–water partition coefficient (Wildman–Crippen LogP) is 1.57. The molecule has 2 aliphatic rings. The molecule has 2 fully saturated rings. The summed E-state index contributed by atoms with van der Waals surface area (Å²) in [6.45, 7) is 0.339. The smallest absolute Gasteiger partial charge is 0.319 e. The molecular weight excluding hydrogens is 327 g/mol. The molecule has 1 atom stereocenters. The van der Waals surface area contributed by atoms with Gasteiger partial charge in [0.25, 0.3) is 0 Å². The van der Waals surface area contributed by atoms with Crippen molar-refractivity contribution in [3.63, 3.8) is 0 Å². The van der Waals surface area contributed by atoms with Gasteiger partial charge in [0.05, 0.1) is 5.02 Å². The summed E-state index contributed by atoms with van der Waals surface area (Å²) in [5, 5.41) is 11.5. The Bertz CT molecular complexity index is 705. The average Bonchev–Trinajstić information content (AvgIpc) is 3.24. The fraction of sp³-hybridized carbons (Fsp3) is 0.400. The largest absolute Gasteiger partial charge is 0.480 e. The number of carboxylic acid groups (broad SMARTS) is 1. The number of anilines is 1. The third kappa shape index (κ3) is 2.65. The Morgan fingerprint density at radius 1 is 1.39 bits per heavy atom. The summed E-state index contributed by atoms with van der Waals surface area (Å²) < 4.78 is 13.2. The SMILES string of the molecule is O=C1[C@H](NC(=O)C2(C(=O)O)CC2)CCN1c1ccc(F)c(Cl)c1. The molecule has 23 heavy (non-hydrogen) atoms. The van der Waals surface area contributed by atoms with Crippen LogP contribution >= 0.6 is 11.6 Å². The third-order valence-corrected chi connectivity index (χ3v) is 4.61. The van der Waals surface area contributed by atoms with E-state index in [-0.39, 0.29) is 23.8 Å². The fourth-order valence-corrected chi connectivity index (χ4v) is 2.86. The van der Waals surface area contributed by atoms with Gasteiger partial charge in [-0.15, -0.1) is 0 Å². The van der Waals surface area contributed by atoms with E-state index in [1.54, 1.807) is 0 Å². The van der Waals surface area contributed by atoms with E-state index >= 15 is 0 Å². The Morgan fingerprint density at radius 3 is 2.65 bits per heavy atom. The lowest BCUT2D eigenvalue weighted by Crippen LogP contribution is -2.46. The van der Waals surface area contributed by atoms with Gasteiger partial charge in [-0.25, -0.2) is 4.39 Å². The average molecular weight is 341 g/mol. The van der Waals surface area contributed by atoms with Crippen LogP contribution in [0.25, 0.3) is 0 Å². The van der Waals surface area contributed by atoms with Gasteiger partial charge in [-0.3, -0.25) is 14.4 Å². The molecule has 3 rings (SSSR count). The van der Waals surface area contributed by atoms with Gasteiger partial charge >= 0.3 is 5.97 Å². The molecular formula is C15H14ClFN2O4. The second kappa shape index (κ2) is 5.49. The lowest BCUT2D eigenvalue weighted by molar-refractivity contribution is -0.149. The molecule has 1 heterocycles. The van der Waals surface area contributed by atoms with E-state index < -0.39 is 29.2 Å². The summed E-state index contributed by atoms with van der Waals surface area (Å²) in [6.07, 6.45) is 0.925. The first kappa shape index (κ1) is 15.7. The highest BCUT2D eigenvalue weighted by atomic mass is 35.5. The zero-order valence-electron chi connectivity index (χ0n) is 12.0. The highest BCUT2D eigenvalue weighted by molar-refractivity contribution is 6.31. The van der Waals surface area contributed by atoms with Crippen LogP contribution in [0.2, 0.25) is 5.02 Å². The quantitative estimate of drug-likeness (QED) is 0.814. The lowest BCUT2D eigenvalue weighted by Gasteiger charge is -2.18. The summed E-state index contributed by atoms with van der Waals surface area (Å²) >= 11 is 5.72. The highest BCUT2D eigenvalue weighted by Gasteiger charge is 2.57. The van der Waals surface area contributed by atoms with Crippen molar-refractivity contribution in [3.8, 4) is 0 Å². The molecule has 2 N–H and O–H groups in total. The maximum absolute atomic E-state index is 13.2. The number of carboxylic acids is 1. The molecule has 1 aromatic rings. The van der Waals surface area contributed by atoms with E-state index in [1.807, 2.05) is 0 Å². The van der Waals surface area contributed by atoms with Crippen LogP contribution in [0.15, 0.2) is 18.2 Å². The molecule has 122 valence electrons. The molecule has 0 spiro atoms. The molecule has 0 radical (unpaired) electrons. The molecule has 1 saturated carbocycles. The van der Waals surface area contributed by atoms with Crippen molar-refractivity contribution >= 4 is 35.1 Å². The summed E-state index contributed by atoms with van der Waals surface area (Å²) in [5.41, 5.74) is -0.940. The van der Waals surface area contributed by atoms with E-state index in [4.69, 9.17) is 16.7 Å². The Kier molecular flexibility index (Phi) is 3.75. The van der Waals surface area contributed by atoms with Crippen LogP contribution in [-0.2, 0) is 14.4 Å². The number of amides is 2. The zero-order valence-corrected chi connectivity index (χ0v) is 12.8. The van der Waals surface area contributed by atoms with Gasteiger partial charge in [0, 0.05) is 12.2 Å². The van der Waals surface area contributed by atoms with Gasteiger partial charge in [0.2, 0.25) is 11.8 Å². The number of aliphatic carboxylic acids is 1. The van der Waals surface area contributed by atoms with Crippen LogP contribution in [0, 0.1) is 11.2 Å². The number of hydrogen-bond acceptors (Lipinski definition) is 3. The Labute approximate surface area is 136 Å². The first-order valence-corrected chi connectivity index (χ1v) is 7.54. The molecule has 8 heteroatoms. The van der Waals surface area contributed by atoms with Crippen LogP contribution in [-0.4, -0.2) is 35.5 Å². The number of halogens is 2. The second-order valence-corrected chi connectivity index (χ2v) is 6.20. The van der Waals surface area contributed by atoms with Gasteiger partial charge in [-0.1, -0.05) is 11.6 Å². The number of benzene rings is 1. The Morgan fingerprint density at radius 2 is 2.09 bits per heavy atom. The molecule has 2 amide bonds. The van der Waals surface area contributed by atoms with E-state index in [9.17, 15) is 18.8 Å². The number of carbonyl (C=O) groups is 3. The van der Waals surface area contributed by atoms with Crippen LogP contribution in [0.4, 0.5) is 10.1 Å². The van der Waals surface area contributed by atoms with Gasteiger partial charge in [0.1, 0.15) is 17.3 Å². The Hall–Kier alpha value is -2.15. The minimum atomic E-state index is -1.38. The van der Waals surface area contributed by atoms with Crippen molar-refractivity contribution in [1.29, 1.82) is 0 Å². The Balaban J connectivity index is 1.71. The van der Waals surface area contributed by atoms with Crippen LogP contribution in [0.1, 0.15) is 19.3 Å². The fourth-order valence-electron chi connectivity index (χ4n) is 2.68. The third-order valence-electron chi connectivity index (χ3n) is 4.32. The molecule has 0 aromatic heterocycles. The molecule has 6 nitrogen and oxygen atoms in total. The molecule has 0 bridgehead atoms. The van der Waals surface area contributed by atoms with E-state index in [0.717, 1.165) is 0 Å². The van der Waals surface area contributed by atoms with Crippen molar-refractivity contribution in [3.05, 3.63) is 29.0 Å². The van der Waals surface area contributed by atoms with Gasteiger partial charge < -0.3 is 15.3 Å². The van der Waals surface area contributed by atoms with E-state index in [2.05, 4.69) is 5.32 Å².